The van der Waals surface area contributed by atoms with Crippen LogP contribution in [0.1, 0.15) is 18.4 Å². The molecule has 1 aromatic carbocycles. The van der Waals surface area contributed by atoms with Gasteiger partial charge in [-0.1, -0.05) is 36.4 Å². The van der Waals surface area contributed by atoms with Gasteiger partial charge in [-0.2, -0.15) is 0 Å². The van der Waals surface area contributed by atoms with Crippen molar-refractivity contribution in [2.75, 3.05) is 6.54 Å². The fourth-order valence-corrected chi connectivity index (χ4v) is 1.39. The molecule has 96 valence electrons. The molecule has 0 spiro atoms. The van der Waals surface area contributed by atoms with Crippen LogP contribution in [0.4, 0.5) is 0 Å². The molecule has 18 heavy (non-hydrogen) atoms. The van der Waals surface area contributed by atoms with Gasteiger partial charge < -0.3 is 10.6 Å². The molecule has 1 rings (SSSR count). The summed E-state index contributed by atoms with van der Waals surface area (Å²) in [6.07, 6.45) is 2.01. The summed E-state index contributed by atoms with van der Waals surface area (Å²) in [4.78, 5) is 22.7. The number of carbonyl (C=O) groups is 2. The molecule has 0 bridgehead atoms. The molecular weight excluding hydrogens is 228 g/mol. The lowest BCUT2D eigenvalue weighted by Crippen LogP contribution is -2.27. The van der Waals surface area contributed by atoms with E-state index in [1.165, 1.54) is 0 Å². The third-order valence-corrected chi connectivity index (χ3v) is 2.36. The third-order valence-electron chi connectivity index (χ3n) is 2.36. The van der Waals surface area contributed by atoms with E-state index in [1.807, 2.05) is 30.3 Å². The van der Waals surface area contributed by atoms with Gasteiger partial charge in [0.2, 0.25) is 11.8 Å². The van der Waals surface area contributed by atoms with Crippen LogP contribution in [0.2, 0.25) is 0 Å². The SMILES string of the molecule is C=CCNC(=O)CCC(=O)NCc1ccccc1. The quantitative estimate of drug-likeness (QED) is 0.714. The van der Waals surface area contributed by atoms with Gasteiger partial charge in [-0.3, -0.25) is 9.59 Å². The van der Waals surface area contributed by atoms with Gasteiger partial charge in [-0.25, -0.2) is 0 Å². The molecule has 0 aliphatic rings. The molecule has 0 aliphatic carbocycles. The predicted octanol–water partition coefficient (Wildman–Crippen LogP) is 1.39. The van der Waals surface area contributed by atoms with Crippen LogP contribution in [0.5, 0.6) is 0 Å². The third kappa shape index (κ3) is 5.84. The van der Waals surface area contributed by atoms with E-state index in [9.17, 15) is 9.59 Å². The average molecular weight is 246 g/mol. The summed E-state index contributed by atoms with van der Waals surface area (Å²) in [5, 5.41) is 5.40. The van der Waals surface area contributed by atoms with Gasteiger partial charge in [-0.15, -0.1) is 6.58 Å². The first-order valence-electron chi connectivity index (χ1n) is 5.90. The van der Waals surface area contributed by atoms with Crippen LogP contribution in [0.25, 0.3) is 0 Å². The number of amides is 2. The molecule has 0 aromatic heterocycles. The van der Waals surface area contributed by atoms with Crippen molar-refractivity contribution >= 4 is 11.8 Å². The number of hydrogen-bond donors (Lipinski definition) is 2. The molecular formula is C14H18N2O2. The first kappa shape index (κ1) is 14.0. The number of benzene rings is 1. The van der Waals surface area contributed by atoms with Crippen LogP contribution >= 0.6 is 0 Å². The van der Waals surface area contributed by atoms with Crippen molar-refractivity contribution in [3.8, 4) is 0 Å². The minimum Gasteiger partial charge on any atom is -0.353 e. The van der Waals surface area contributed by atoms with Gasteiger partial charge in [0, 0.05) is 25.9 Å². The Morgan fingerprint density at radius 1 is 1.06 bits per heavy atom. The lowest BCUT2D eigenvalue weighted by molar-refractivity contribution is -0.126. The zero-order valence-corrected chi connectivity index (χ0v) is 10.3. The molecule has 0 saturated carbocycles. The van der Waals surface area contributed by atoms with E-state index in [1.54, 1.807) is 6.08 Å². The van der Waals surface area contributed by atoms with Crippen molar-refractivity contribution in [2.24, 2.45) is 0 Å². The van der Waals surface area contributed by atoms with Crippen LogP contribution in [0.15, 0.2) is 43.0 Å². The Kier molecular flexibility index (Phi) is 6.25. The van der Waals surface area contributed by atoms with E-state index in [2.05, 4.69) is 17.2 Å². The van der Waals surface area contributed by atoms with Crippen molar-refractivity contribution in [1.82, 2.24) is 10.6 Å². The smallest absolute Gasteiger partial charge is 0.220 e. The van der Waals surface area contributed by atoms with Crippen molar-refractivity contribution in [2.45, 2.75) is 19.4 Å². The lowest BCUT2D eigenvalue weighted by Gasteiger charge is -2.05. The highest BCUT2D eigenvalue weighted by molar-refractivity contribution is 5.83. The van der Waals surface area contributed by atoms with Crippen LogP contribution < -0.4 is 10.6 Å². The fraction of sp³-hybridized carbons (Fsp3) is 0.286. The Morgan fingerprint density at radius 2 is 1.67 bits per heavy atom. The summed E-state index contributed by atoms with van der Waals surface area (Å²) < 4.78 is 0. The summed E-state index contributed by atoms with van der Waals surface area (Å²) in [5.41, 5.74) is 1.04. The Bertz CT molecular complexity index is 402. The summed E-state index contributed by atoms with van der Waals surface area (Å²) in [5.74, 6) is -0.252. The molecule has 0 unspecified atom stereocenters. The monoisotopic (exact) mass is 246 g/mol. The summed E-state index contributed by atoms with van der Waals surface area (Å²) in [6, 6.07) is 9.65. The predicted molar refractivity (Wildman–Crippen MR) is 70.7 cm³/mol. The van der Waals surface area contributed by atoms with Gasteiger partial charge in [-0.05, 0) is 5.56 Å². The molecule has 2 amide bonds. The molecule has 0 radical (unpaired) electrons. The Hall–Kier alpha value is -2.10. The molecule has 4 nitrogen and oxygen atoms in total. The van der Waals surface area contributed by atoms with E-state index in [-0.39, 0.29) is 24.7 Å². The van der Waals surface area contributed by atoms with Crippen LogP contribution in [-0.4, -0.2) is 18.4 Å². The number of rotatable bonds is 7. The lowest BCUT2D eigenvalue weighted by atomic mass is 10.2. The first-order valence-corrected chi connectivity index (χ1v) is 5.90. The minimum atomic E-state index is -0.134. The van der Waals surface area contributed by atoms with Gasteiger partial charge in [0.25, 0.3) is 0 Å². The first-order chi connectivity index (χ1) is 8.72. The highest BCUT2D eigenvalue weighted by Crippen LogP contribution is 1.98. The highest BCUT2D eigenvalue weighted by Gasteiger charge is 2.05. The van der Waals surface area contributed by atoms with Gasteiger partial charge in [0.15, 0.2) is 0 Å². The second kappa shape index (κ2) is 8.06. The van der Waals surface area contributed by atoms with E-state index >= 15 is 0 Å². The molecule has 0 saturated heterocycles. The minimum absolute atomic E-state index is 0.118. The standard InChI is InChI=1S/C14H18N2O2/c1-2-10-15-13(17)8-9-14(18)16-11-12-6-4-3-5-7-12/h2-7H,1,8-11H2,(H,15,17)(H,16,18). The fourth-order valence-electron chi connectivity index (χ4n) is 1.39. The second-order valence-electron chi connectivity index (χ2n) is 3.86. The second-order valence-corrected chi connectivity index (χ2v) is 3.86. The Labute approximate surface area is 107 Å². The Morgan fingerprint density at radius 3 is 2.28 bits per heavy atom. The molecule has 0 heterocycles. The van der Waals surface area contributed by atoms with Crippen LogP contribution in [0.3, 0.4) is 0 Å². The average Bonchev–Trinajstić information content (AvgIpc) is 2.41. The summed E-state index contributed by atoms with van der Waals surface area (Å²) in [7, 11) is 0. The summed E-state index contributed by atoms with van der Waals surface area (Å²) in [6.45, 7) is 4.43. The molecule has 0 aliphatic heterocycles. The molecule has 1 aromatic rings. The maximum atomic E-state index is 11.5. The largest absolute Gasteiger partial charge is 0.353 e. The van der Waals surface area contributed by atoms with Gasteiger partial charge in [0.1, 0.15) is 0 Å². The van der Waals surface area contributed by atoms with Crippen molar-refractivity contribution in [1.29, 1.82) is 0 Å². The van der Waals surface area contributed by atoms with Crippen LogP contribution in [0, 0.1) is 0 Å². The normalized spacial score (nSPS) is 9.56. The zero-order chi connectivity index (χ0) is 13.2. The molecule has 2 N–H and O–H groups in total. The highest BCUT2D eigenvalue weighted by atomic mass is 16.2. The van der Waals surface area contributed by atoms with Crippen molar-refractivity contribution in [3.05, 3.63) is 48.6 Å². The van der Waals surface area contributed by atoms with E-state index in [0.717, 1.165) is 5.56 Å². The van der Waals surface area contributed by atoms with Crippen molar-refractivity contribution < 1.29 is 9.59 Å². The maximum Gasteiger partial charge on any atom is 0.220 e. The van der Waals surface area contributed by atoms with Crippen LogP contribution in [-0.2, 0) is 16.1 Å². The topological polar surface area (TPSA) is 58.2 Å². The van der Waals surface area contributed by atoms with E-state index in [0.29, 0.717) is 13.1 Å². The number of carbonyl (C=O) groups excluding carboxylic acids is 2. The van der Waals surface area contributed by atoms with Gasteiger partial charge in [0.05, 0.1) is 0 Å². The summed E-state index contributed by atoms with van der Waals surface area (Å²) >= 11 is 0. The number of hydrogen-bond acceptors (Lipinski definition) is 2. The molecule has 0 fully saturated rings. The maximum absolute atomic E-state index is 11.5. The number of nitrogens with one attached hydrogen (secondary N) is 2. The van der Waals surface area contributed by atoms with Gasteiger partial charge >= 0.3 is 0 Å². The van der Waals surface area contributed by atoms with E-state index in [4.69, 9.17) is 0 Å². The Balaban J connectivity index is 2.18. The molecule has 4 heteroatoms. The van der Waals surface area contributed by atoms with Crippen molar-refractivity contribution in [3.63, 3.8) is 0 Å². The van der Waals surface area contributed by atoms with E-state index < -0.39 is 0 Å². The zero-order valence-electron chi connectivity index (χ0n) is 10.3. The molecule has 0 atom stereocenters.